The molecule has 0 saturated heterocycles. The van der Waals surface area contributed by atoms with E-state index in [0.717, 1.165) is 11.3 Å². The molecule has 0 atom stereocenters. The van der Waals surface area contributed by atoms with Gasteiger partial charge in [-0.25, -0.2) is 4.79 Å². The molecule has 23 heavy (non-hydrogen) atoms. The van der Waals surface area contributed by atoms with Crippen molar-refractivity contribution >= 4 is 39.6 Å². The zero-order chi connectivity index (χ0) is 16.7. The molecule has 0 unspecified atom stereocenters. The Kier molecular flexibility index (Phi) is 5.94. The Morgan fingerprint density at radius 3 is 2.48 bits per heavy atom. The maximum atomic E-state index is 11.9. The van der Waals surface area contributed by atoms with Crippen LogP contribution in [0, 0.1) is 0 Å². The number of para-hydroxylation sites is 1. The number of carboxylic acids is 1. The summed E-state index contributed by atoms with van der Waals surface area (Å²) in [7, 11) is 0. The highest BCUT2D eigenvalue weighted by atomic mass is 79.9. The van der Waals surface area contributed by atoms with Crippen molar-refractivity contribution in [3.8, 4) is 5.75 Å². The summed E-state index contributed by atoms with van der Waals surface area (Å²) in [5.41, 5.74) is 1.54. The Morgan fingerprint density at radius 1 is 1.13 bits per heavy atom. The number of benzene rings is 2. The zero-order valence-corrected chi connectivity index (χ0v) is 13.6. The van der Waals surface area contributed by atoms with E-state index < -0.39 is 11.9 Å². The number of carbonyl (C=O) groups excluding carboxylic acids is 1. The van der Waals surface area contributed by atoms with Gasteiger partial charge in [-0.15, -0.1) is 0 Å². The monoisotopic (exact) mass is 375 g/mol. The van der Waals surface area contributed by atoms with Crippen molar-refractivity contribution in [1.82, 2.24) is 0 Å². The third kappa shape index (κ3) is 4.96. The van der Waals surface area contributed by atoms with Crippen LogP contribution in [0.25, 0.3) is 6.08 Å². The highest BCUT2D eigenvalue weighted by Gasteiger charge is 2.10. The number of hydrogen-bond acceptors (Lipinski definition) is 3. The molecule has 0 aliphatic carbocycles. The second-order valence-electron chi connectivity index (χ2n) is 4.50. The molecule has 2 rings (SSSR count). The van der Waals surface area contributed by atoms with Crippen molar-refractivity contribution in [2.45, 2.75) is 0 Å². The Hall–Kier alpha value is -2.60. The van der Waals surface area contributed by atoms with Crippen molar-refractivity contribution in [1.29, 1.82) is 0 Å². The van der Waals surface area contributed by atoms with E-state index in [1.807, 2.05) is 12.1 Å². The van der Waals surface area contributed by atoms with Crippen LogP contribution >= 0.6 is 15.9 Å². The average Bonchev–Trinajstić information content (AvgIpc) is 2.55. The van der Waals surface area contributed by atoms with E-state index >= 15 is 0 Å². The third-order valence-electron chi connectivity index (χ3n) is 2.94. The first kappa shape index (κ1) is 16.8. The number of rotatable bonds is 6. The molecule has 0 fully saturated rings. The van der Waals surface area contributed by atoms with E-state index in [2.05, 4.69) is 21.2 Å². The predicted octanol–water partition coefficient (Wildman–Crippen LogP) is 3.77. The number of amides is 1. The second-order valence-corrected chi connectivity index (χ2v) is 4.95. The second kappa shape index (κ2) is 8.14. The Balaban J connectivity index is 2.03. The van der Waals surface area contributed by atoms with Gasteiger partial charge in [0.05, 0.1) is 11.3 Å². The van der Waals surface area contributed by atoms with Gasteiger partial charge in [-0.3, -0.25) is 4.79 Å². The highest BCUT2D eigenvalue weighted by molar-refractivity contribution is 9.09. The van der Waals surface area contributed by atoms with Gasteiger partial charge in [-0.1, -0.05) is 24.3 Å². The number of carboxylic acid groups (broad SMARTS) is 1. The van der Waals surface area contributed by atoms with E-state index in [0.29, 0.717) is 5.52 Å². The molecule has 0 saturated carbocycles. The number of aromatic carboxylic acids is 1. The molecule has 0 aromatic heterocycles. The lowest BCUT2D eigenvalue weighted by Crippen LogP contribution is -2.11. The lowest BCUT2D eigenvalue weighted by Gasteiger charge is -2.06. The first-order chi connectivity index (χ1) is 11.1. The molecule has 0 spiro atoms. The summed E-state index contributed by atoms with van der Waals surface area (Å²) in [5.74, 6) is -0.773. The van der Waals surface area contributed by atoms with Crippen LogP contribution in [0.1, 0.15) is 15.9 Å². The highest BCUT2D eigenvalue weighted by Crippen LogP contribution is 2.16. The molecule has 2 aromatic rings. The number of hydrogen-bond donors (Lipinski definition) is 2. The number of ether oxygens (including phenoxy) is 1. The van der Waals surface area contributed by atoms with Gasteiger partial charge in [0, 0.05) is 6.08 Å². The third-order valence-corrected chi connectivity index (χ3v) is 3.17. The van der Waals surface area contributed by atoms with Gasteiger partial charge >= 0.3 is 5.97 Å². The molecular weight excluding hydrogens is 362 g/mol. The van der Waals surface area contributed by atoms with Crippen LogP contribution < -0.4 is 10.1 Å². The fourth-order valence-electron chi connectivity index (χ4n) is 1.86. The molecule has 0 bridgehead atoms. The van der Waals surface area contributed by atoms with Crippen molar-refractivity contribution in [2.75, 3.05) is 10.8 Å². The number of anilines is 1. The summed E-state index contributed by atoms with van der Waals surface area (Å²) < 4.78 is 5.26. The standard InChI is InChI=1S/C17H14BrNO4/c18-11-23-13-8-5-12(6-9-13)7-10-16(20)19-15-4-2-1-3-14(15)17(21)22/h1-10H,11H2,(H,19,20)(H,21,22)/b10-7+. The van der Waals surface area contributed by atoms with Crippen LogP contribution in [-0.2, 0) is 4.79 Å². The lowest BCUT2D eigenvalue weighted by molar-refractivity contribution is -0.111. The van der Waals surface area contributed by atoms with Crippen LogP contribution in [0.5, 0.6) is 5.75 Å². The molecule has 5 nitrogen and oxygen atoms in total. The van der Waals surface area contributed by atoms with E-state index in [-0.39, 0.29) is 11.3 Å². The smallest absolute Gasteiger partial charge is 0.337 e. The molecule has 0 radical (unpaired) electrons. The summed E-state index contributed by atoms with van der Waals surface area (Å²) in [6.45, 7) is 0. The topological polar surface area (TPSA) is 75.6 Å². The van der Waals surface area contributed by atoms with Gasteiger partial charge in [0.25, 0.3) is 0 Å². The Labute approximate surface area is 141 Å². The fraction of sp³-hybridized carbons (Fsp3) is 0.0588. The first-order valence-electron chi connectivity index (χ1n) is 6.70. The van der Waals surface area contributed by atoms with Gasteiger partial charge in [0.15, 0.2) is 0 Å². The Bertz CT molecular complexity index is 726. The lowest BCUT2D eigenvalue weighted by atomic mass is 10.1. The van der Waals surface area contributed by atoms with E-state index in [4.69, 9.17) is 9.84 Å². The molecule has 6 heteroatoms. The summed E-state index contributed by atoms with van der Waals surface area (Å²) >= 11 is 3.17. The predicted molar refractivity (Wildman–Crippen MR) is 91.9 cm³/mol. The minimum absolute atomic E-state index is 0.0468. The first-order valence-corrected chi connectivity index (χ1v) is 7.82. The molecule has 0 aliphatic heterocycles. The largest absolute Gasteiger partial charge is 0.482 e. The van der Waals surface area contributed by atoms with Crippen molar-refractivity contribution in [3.63, 3.8) is 0 Å². The number of alkyl halides is 1. The quantitative estimate of drug-likeness (QED) is 0.595. The van der Waals surface area contributed by atoms with Crippen LogP contribution in [0.2, 0.25) is 0 Å². The van der Waals surface area contributed by atoms with Crippen LogP contribution in [0.15, 0.2) is 54.6 Å². The van der Waals surface area contributed by atoms with Gasteiger partial charge in [0.1, 0.15) is 11.3 Å². The number of halogens is 1. The molecule has 2 N–H and O–H groups in total. The minimum atomic E-state index is -1.09. The van der Waals surface area contributed by atoms with E-state index in [9.17, 15) is 9.59 Å². The van der Waals surface area contributed by atoms with Crippen molar-refractivity contribution in [2.24, 2.45) is 0 Å². The normalized spacial score (nSPS) is 10.5. The van der Waals surface area contributed by atoms with Crippen molar-refractivity contribution < 1.29 is 19.4 Å². The molecular formula is C17H14BrNO4. The van der Waals surface area contributed by atoms with E-state index in [1.165, 1.54) is 12.1 Å². The van der Waals surface area contributed by atoms with Crippen molar-refractivity contribution in [3.05, 3.63) is 65.7 Å². The van der Waals surface area contributed by atoms with Gasteiger partial charge < -0.3 is 15.2 Å². The molecule has 0 aliphatic rings. The fourth-order valence-corrected chi connectivity index (χ4v) is 2.13. The SMILES string of the molecule is O=C(/C=C/c1ccc(OCBr)cc1)Nc1ccccc1C(=O)O. The molecule has 0 heterocycles. The van der Waals surface area contributed by atoms with Crippen LogP contribution in [-0.4, -0.2) is 22.5 Å². The summed E-state index contributed by atoms with van der Waals surface area (Å²) in [4.78, 5) is 23.0. The maximum absolute atomic E-state index is 11.9. The summed E-state index contributed by atoms with van der Waals surface area (Å²) in [6, 6.07) is 13.4. The number of carbonyl (C=O) groups is 2. The summed E-state index contributed by atoms with van der Waals surface area (Å²) in [5, 5.41) is 11.6. The minimum Gasteiger partial charge on any atom is -0.482 e. The summed E-state index contributed by atoms with van der Waals surface area (Å²) in [6.07, 6.45) is 2.98. The van der Waals surface area contributed by atoms with Crippen LogP contribution in [0.3, 0.4) is 0 Å². The molecule has 2 aromatic carbocycles. The van der Waals surface area contributed by atoms with Gasteiger partial charge in [-0.2, -0.15) is 0 Å². The average molecular weight is 376 g/mol. The molecule has 118 valence electrons. The Morgan fingerprint density at radius 2 is 1.83 bits per heavy atom. The number of nitrogens with one attached hydrogen (secondary N) is 1. The van der Waals surface area contributed by atoms with Gasteiger partial charge in [0.2, 0.25) is 5.91 Å². The van der Waals surface area contributed by atoms with E-state index in [1.54, 1.807) is 36.4 Å². The zero-order valence-electron chi connectivity index (χ0n) is 12.0. The maximum Gasteiger partial charge on any atom is 0.337 e. The molecule has 1 amide bonds. The van der Waals surface area contributed by atoms with Gasteiger partial charge in [-0.05, 0) is 51.8 Å². The van der Waals surface area contributed by atoms with Crippen LogP contribution in [0.4, 0.5) is 5.69 Å².